The van der Waals surface area contributed by atoms with Crippen molar-refractivity contribution in [3.63, 3.8) is 0 Å². The van der Waals surface area contributed by atoms with Crippen molar-refractivity contribution in [3.05, 3.63) is 55.4 Å². The Kier molecular flexibility index (Phi) is 4.20. The van der Waals surface area contributed by atoms with Gasteiger partial charge in [0, 0.05) is 15.8 Å². The van der Waals surface area contributed by atoms with Gasteiger partial charge in [-0.1, -0.05) is 23.7 Å². The van der Waals surface area contributed by atoms with Crippen molar-refractivity contribution in [1.29, 1.82) is 0 Å². The number of aliphatic hydroxyl groups excluding tert-OH is 1. The van der Waals surface area contributed by atoms with Crippen molar-refractivity contribution in [2.24, 2.45) is 0 Å². The lowest BCUT2D eigenvalue weighted by Gasteiger charge is -2.08. The molecule has 1 aromatic carbocycles. The minimum absolute atomic E-state index is 0.292. The molecule has 0 fully saturated rings. The average Bonchev–Trinajstić information content (AvgIpc) is 2.59. The van der Waals surface area contributed by atoms with E-state index in [1.807, 2.05) is 0 Å². The molecule has 0 aliphatic carbocycles. The van der Waals surface area contributed by atoms with E-state index in [2.05, 4.69) is 15.9 Å². The molecule has 0 radical (unpaired) electrons. The molecule has 5 heteroatoms. The molecule has 0 spiro atoms. The summed E-state index contributed by atoms with van der Waals surface area (Å²) >= 11 is 10.5. The molecule has 1 nitrogen and oxygen atoms in total. The smallest absolute Gasteiger partial charge is 0.123 e. The fourth-order valence-corrected chi connectivity index (χ4v) is 3.24. The molecule has 90 valence electrons. The van der Waals surface area contributed by atoms with Crippen LogP contribution >= 0.6 is 38.9 Å². The highest BCUT2D eigenvalue weighted by Crippen LogP contribution is 2.36. The lowest BCUT2D eigenvalue weighted by molar-refractivity contribution is 0.182. The molecule has 1 N–H and O–H groups in total. The average molecular weight is 336 g/mol. The Morgan fingerprint density at radius 2 is 2.18 bits per heavy atom. The third-order valence-corrected chi connectivity index (χ3v) is 4.89. The molecule has 2 rings (SSSR count). The van der Waals surface area contributed by atoms with Crippen molar-refractivity contribution >= 4 is 38.9 Å². The molecule has 2 aromatic rings. The second-order valence-electron chi connectivity index (χ2n) is 3.62. The zero-order valence-electron chi connectivity index (χ0n) is 8.66. The number of aliphatic hydroxyl groups is 1. The van der Waals surface area contributed by atoms with Gasteiger partial charge in [0.2, 0.25) is 0 Å². The van der Waals surface area contributed by atoms with Gasteiger partial charge in [0.1, 0.15) is 10.2 Å². The van der Waals surface area contributed by atoms with Gasteiger partial charge in [0.15, 0.2) is 0 Å². The van der Waals surface area contributed by atoms with E-state index in [1.165, 1.54) is 23.5 Å². The van der Waals surface area contributed by atoms with E-state index < -0.39 is 6.10 Å². The predicted molar refractivity (Wildman–Crippen MR) is 72.1 cm³/mol. The summed E-state index contributed by atoms with van der Waals surface area (Å²) in [6, 6.07) is 8.02. The first-order valence-corrected chi connectivity index (χ1v) is 6.92. The second kappa shape index (κ2) is 5.48. The van der Waals surface area contributed by atoms with E-state index in [4.69, 9.17) is 11.6 Å². The van der Waals surface area contributed by atoms with Crippen LogP contribution in [0.2, 0.25) is 4.34 Å². The maximum absolute atomic E-state index is 13.0. The van der Waals surface area contributed by atoms with Crippen LogP contribution in [0.4, 0.5) is 4.39 Å². The van der Waals surface area contributed by atoms with Crippen LogP contribution in [-0.2, 0) is 6.42 Å². The third kappa shape index (κ3) is 3.28. The summed E-state index contributed by atoms with van der Waals surface area (Å²) < 4.78 is 14.4. The normalized spacial score (nSPS) is 12.7. The monoisotopic (exact) mass is 334 g/mol. The lowest BCUT2D eigenvalue weighted by Crippen LogP contribution is -1.99. The minimum atomic E-state index is -0.661. The van der Waals surface area contributed by atoms with Crippen molar-refractivity contribution < 1.29 is 9.50 Å². The molecule has 0 bridgehead atoms. The van der Waals surface area contributed by atoms with Crippen molar-refractivity contribution in [3.8, 4) is 0 Å². The molecule has 1 unspecified atom stereocenters. The number of rotatable bonds is 3. The molecular formula is C12H9BrClFOS. The Bertz CT molecular complexity index is 509. The first-order chi connectivity index (χ1) is 8.06. The largest absolute Gasteiger partial charge is 0.387 e. The summed E-state index contributed by atoms with van der Waals surface area (Å²) in [5, 5.41) is 10.0. The van der Waals surface area contributed by atoms with Gasteiger partial charge in [-0.25, -0.2) is 4.39 Å². The van der Waals surface area contributed by atoms with Crippen LogP contribution in [-0.4, -0.2) is 5.11 Å². The van der Waals surface area contributed by atoms with Gasteiger partial charge in [0.25, 0.3) is 0 Å². The number of thiophene rings is 1. The van der Waals surface area contributed by atoms with Crippen LogP contribution in [0.3, 0.4) is 0 Å². The van der Waals surface area contributed by atoms with Crippen LogP contribution in [0.5, 0.6) is 0 Å². The van der Waals surface area contributed by atoms with Gasteiger partial charge in [-0.2, -0.15) is 0 Å². The zero-order chi connectivity index (χ0) is 12.4. The van der Waals surface area contributed by atoms with E-state index in [0.717, 1.165) is 14.9 Å². The summed E-state index contributed by atoms with van der Waals surface area (Å²) in [6.45, 7) is 0. The third-order valence-electron chi connectivity index (χ3n) is 2.31. The molecular weight excluding hydrogens is 327 g/mol. The molecule has 0 amide bonds. The van der Waals surface area contributed by atoms with E-state index in [1.54, 1.807) is 18.2 Å². The Morgan fingerprint density at radius 1 is 1.41 bits per heavy atom. The highest BCUT2D eigenvalue weighted by atomic mass is 79.9. The second-order valence-corrected chi connectivity index (χ2v) is 6.16. The van der Waals surface area contributed by atoms with E-state index >= 15 is 0 Å². The van der Waals surface area contributed by atoms with Crippen LogP contribution in [0.15, 0.2) is 34.8 Å². The summed E-state index contributed by atoms with van der Waals surface area (Å²) in [5.41, 5.74) is 0.762. The van der Waals surface area contributed by atoms with E-state index in [0.29, 0.717) is 10.8 Å². The van der Waals surface area contributed by atoms with Crippen molar-refractivity contribution in [2.75, 3.05) is 0 Å². The van der Waals surface area contributed by atoms with Crippen molar-refractivity contribution in [2.45, 2.75) is 12.5 Å². The Morgan fingerprint density at radius 3 is 2.76 bits per heavy atom. The molecule has 1 heterocycles. The first-order valence-electron chi connectivity index (χ1n) is 4.93. The molecule has 17 heavy (non-hydrogen) atoms. The summed E-state index contributed by atoms with van der Waals surface area (Å²) in [6.07, 6.45) is -0.285. The molecule has 1 atom stereocenters. The van der Waals surface area contributed by atoms with Gasteiger partial charge in [-0.3, -0.25) is 0 Å². The van der Waals surface area contributed by atoms with Crippen LogP contribution in [0, 0.1) is 5.82 Å². The Balaban J connectivity index is 2.14. The fourth-order valence-electron chi connectivity index (χ4n) is 1.52. The molecule has 0 aliphatic heterocycles. The summed E-state index contributed by atoms with van der Waals surface area (Å²) in [5.74, 6) is -0.292. The number of hydrogen-bond donors (Lipinski definition) is 1. The molecule has 0 aliphatic rings. The first kappa shape index (κ1) is 13.0. The molecule has 0 saturated heterocycles. The van der Waals surface area contributed by atoms with Gasteiger partial charge < -0.3 is 5.11 Å². The Hall–Kier alpha value is -0.420. The summed E-state index contributed by atoms with van der Waals surface area (Å²) in [4.78, 5) is 0.770. The van der Waals surface area contributed by atoms with E-state index in [-0.39, 0.29) is 5.82 Å². The summed E-state index contributed by atoms with van der Waals surface area (Å²) in [7, 11) is 0. The van der Waals surface area contributed by atoms with E-state index in [9.17, 15) is 9.50 Å². The van der Waals surface area contributed by atoms with Gasteiger partial charge in [0.05, 0.1) is 6.10 Å². The van der Waals surface area contributed by atoms with Crippen LogP contribution in [0.25, 0.3) is 0 Å². The minimum Gasteiger partial charge on any atom is -0.387 e. The quantitative estimate of drug-likeness (QED) is 0.870. The topological polar surface area (TPSA) is 20.2 Å². The lowest BCUT2D eigenvalue weighted by atomic mass is 10.1. The highest BCUT2D eigenvalue weighted by Gasteiger charge is 2.14. The van der Waals surface area contributed by atoms with Crippen LogP contribution in [0.1, 0.15) is 16.5 Å². The van der Waals surface area contributed by atoms with Gasteiger partial charge in [-0.15, -0.1) is 11.3 Å². The molecule has 0 saturated carbocycles. The standard InChI is InChI=1S/C12H9BrClFOS/c13-9-6-11(17-12(9)14)10(16)5-7-2-1-3-8(15)4-7/h1-4,6,10,16H,5H2. The van der Waals surface area contributed by atoms with Gasteiger partial charge in [-0.05, 0) is 39.7 Å². The number of halogens is 3. The highest BCUT2D eigenvalue weighted by molar-refractivity contribution is 9.10. The number of benzene rings is 1. The SMILES string of the molecule is OC(Cc1cccc(F)c1)c1cc(Br)c(Cl)s1. The predicted octanol–water partition coefficient (Wildman–Crippen LogP) is 4.58. The van der Waals surface area contributed by atoms with Crippen molar-refractivity contribution in [1.82, 2.24) is 0 Å². The molecule has 1 aromatic heterocycles. The van der Waals surface area contributed by atoms with Gasteiger partial charge >= 0.3 is 0 Å². The maximum atomic E-state index is 13.0. The van der Waals surface area contributed by atoms with Crippen LogP contribution < -0.4 is 0 Å². The maximum Gasteiger partial charge on any atom is 0.123 e. The Labute approximate surface area is 116 Å². The zero-order valence-corrected chi connectivity index (χ0v) is 11.8. The number of hydrogen-bond acceptors (Lipinski definition) is 2. The fraction of sp³-hybridized carbons (Fsp3) is 0.167.